The summed E-state index contributed by atoms with van der Waals surface area (Å²) < 4.78 is 5.07. The van der Waals surface area contributed by atoms with Crippen LogP contribution >= 0.6 is 0 Å². The van der Waals surface area contributed by atoms with Crippen LogP contribution in [0.25, 0.3) is 0 Å². The topological polar surface area (TPSA) is 78.9 Å². The van der Waals surface area contributed by atoms with Crippen LogP contribution in [0, 0.1) is 6.92 Å². The van der Waals surface area contributed by atoms with Gasteiger partial charge in [0.05, 0.1) is 6.61 Å². The monoisotopic (exact) mass is 361 g/mol. The van der Waals surface area contributed by atoms with Gasteiger partial charge in [-0.2, -0.15) is 0 Å². The van der Waals surface area contributed by atoms with Crippen molar-refractivity contribution in [3.63, 3.8) is 0 Å². The van der Waals surface area contributed by atoms with Gasteiger partial charge in [-0.05, 0) is 57.2 Å². The van der Waals surface area contributed by atoms with Gasteiger partial charge in [-0.3, -0.25) is 9.98 Å². The molecule has 1 aliphatic heterocycles. The molecule has 1 aliphatic rings. The Morgan fingerprint density at radius 1 is 1.38 bits per heavy atom. The van der Waals surface area contributed by atoms with Gasteiger partial charge >= 0.3 is 6.09 Å². The number of piperidine rings is 1. The average molecular weight is 361 g/mol. The fraction of sp³-hybridized carbons (Fsp3) is 0.632. The molecule has 7 heteroatoms. The van der Waals surface area contributed by atoms with Crippen molar-refractivity contribution in [1.82, 2.24) is 20.5 Å². The van der Waals surface area contributed by atoms with E-state index in [-0.39, 0.29) is 6.09 Å². The number of hydrogen-bond donors (Lipinski definition) is 2. The number of likely N-dealkylation sites (tertiary alicyclic amines) is 1. The van der Waals surface area contributed by atoms with Crippen LogP contribution in [0.3, 0.4) is 0 Å². The molecule has 0 saturated carbocycles. The van der Waals surface area contributed by atoms with Crippen molar-refractivity contribution in [1.29, 1.82) is 0 Å². The van der Waals surface area contributed by atoms with E-state index in [2.05, 4.69) is 35.5 Å². The summed E-state index contributed by atoms with van der Waals surface area (Å²) in [5.74, 6) is 0.841. The Hall–Kier alpha value is -2.31. The van der Waals surface area contributed by atoms with Crippen LogP contribution in [0.15, 0.2) is 23.5 Å². The lowest BCUT2D eigenvalue weighted by atomic mass is 10.1. The first-order valence-electron chi connectivity index (χ1n) is 9.50. The van der Waals surface area contributed by atoms with E-state index in [9.17, 15) is 4.79 Å². The van der Waals surface area contributed by atoms with Gasteiger partial charge in [-0.15, -0.1) is 0 Å². The summed E-state index contributed by atoms with van der Waals surface area (Å²) in [6, 6.07) is 2.37. The second-order valence-electron chi connectivity index (χ2n) is 6.42. The maximum Gasteiger partial charge on any atom is 0.409 e. The maximum atomic E-state index is 11.8. The van der Waals surface area contributed by atoms with E-state index in [1.165, 1.54) is 11.1 Å². The zero-order valence-corrected chi connectivity index (χ0v) is 16.1. The highest BCUT2D eigenvalue weighted by Crippen LogP contribution is 2.11. The van der Waals surface area contributed by atoms with Crippen LogP contribution < -0.4 is 10.6 Å². The molecule has 0 bridgehead atoms. The minimum Gasteiger partial charge on any atom is -0.450 e. The number of carbonyl (C=O) groups excluding carboxylic acids is 1. The SMILES string of the molecule is CCNC(=NCCc1ccncc1C)NC1CCN(C(=O)OCC)CC1. The fourth-order valence-electron chi connectivity index (χ4n) is 3.01. The molecule has 0 atom stereocenters. The summed E-state index contributed by atoms with van der Waals surface area (Å²) >= 11 is 0. The van der Waals surface area contributed by atoms with E-state index < -0.39 is 0 Å². The van der Waals surface area contributed by atoms with Crippen LogP contribution in [-0.2, 0) is 11.2 Å². The molecular weight excluding hydrogens is 330 g/mol. The zero-order chi connectivity index (χ0) is 18.8. The van der Waals surface area contributed by atoms with Gasteiger partial charge in [-0.25, -0.2) is 4.79 Å². The lowest BCUT2D eigenvalue weighted by Gasteiger charge is -2.32. The second kappa shape index (κ2) is 10.6. The van der Waals surface area contributed by atoms with E-state index in [0.717, 1.165) is 38.3 Å². The van der Waals surface area contributed by atoms with Crippen LogP contribution in [-0.4, -0.2) is 60.8 Å². The van der Waals surface area contributed by atoms with Gasteiger partial charge in [0.15, 0.2) is 5.96 Å². The van der Waals surface area contributed by atoms with Crippen LogP contribution in [0.2, 0.25) is 0 Å². The Balaban J connectivity index is 1.82. The van der Waals surface area contributed by atoms with Gasteiger partial charge in [0.25, 0.3) is 0 Å². The summed E-state index contributed by atoms with van der Waals surface area (Å²) in [7, 11) is 0. The van der Waals surface area contributed by atoms with Crippen molar-refractivity contribution in [3.8, 4) is 0 Å². The quantitative estimate of drug-likeness (QED) is 0.599. The molecule has 1 amide bonds. The Kier molecular flexibility index (Phi) is 8.18. The van der Waals surface area contributed by atoms with Crippen molar-refractivity contribution in [3.05, 3.63) is 29.6 Å². The normalized spacial score (nSPS) is 15.7. The Morgan fingerprint density at radius 3 is 2.81 bits per heavy atom. The summed E-state index contributed by atoms with van der Waals surface area (Å²) in [5, 5.41) is 6.80. The molecule has 1 fully saturated rings. The Labute approximate surface area is 156 Å². The van der Waals surface area contributed by atoms with Crippen molar-refractivity contribution in [2.45, 2.75) is 46.1 Å². The van der Waals surface area contributed by atoms with Crippen molar-refractivity contribution < 1.29 is 9.53 Å². The van der Waals surface area contributed by atoms with Crippen molar-refractivity contribution >= 4 is 12.1 Å². The van der Waals surface area contributed by atoms with E-state index in [4.69, 9.17) is 9.73 Å². The third-order valence-corrected chi connectivity index (χ3v) is 4.49. The standard InChI is InChI=1S/C19H31N5O2/c1-4-21-18(22-11-7-16-6-10-20-14-15(16)3)23-17-8-12-24(13-9-17)19(25)26-5-2/h6,10,14,17H,4-5,7-9,11-13H2,1-3H3,(H2,21,22,23). The van der Waals surface area contributed by atoms with Crippen molar-refractivity contribution in [2.75, 3.05) is 32.8 Å². The maximum absolute atomic E-state index is 11.8. The Bertz CT molecular complexity index is 597. The molecule has 2 rings (SSSR count). The van der Waals surface area contributed by atoms with Gasteiger partial charge in [-0.1, -0.05) is 0 Å². The molecule has 2 N–H and O–H groups in total. The first kappa shape index (κ1) is 20.0. The summed E-state index contributed by atoms with van der Waals surface area (Å²) in [6.07, 6.45) is 6.19. The zero-order valence-electron chi connectivity index (χ0n) is 16.1. The molecule has 1 saturated heterocycles. The largest absolute Gasteiger partial charge is 0.450 e. The summed E-state index contributed by atoms with van der Waals surface area (Å²) in [6.45, 7) is 9.37. The number of nitrogens with zero attached hydrogens (tertiary/aromatic N) is 3. The summed E-state index contributed by atoms with van der Waals surface area (Å²) in [4.78, 5) is 22.4. The number of hydrogen-bond acceptors (Lipinski definition) is 4. The van der Waals surface area contributed by atoms with Gasteiger partial charge in [0.1, 0.15) is 0 Å². The molecule has 7 nitrogen and oxygen atoms in total. The molecule has 0 aliphatic carbocycles. The number of aromatic nitrogens is 1. The van der Waals surface area contributed by atoms with E-state index in [0.29, 0.717) is 25.7 Å². The van der Waals surface area contributed by atoms with Crippen LogP contribution in [0.4, 0.5) is 4.79 Å². The highest BCUT2D eigenvalue weighted by molar-refractivity contribution is 5.80. The Morgan fingerprint density at radius 2 is 2.15 bits per heavy atom. The molecule has 0 radical (unpaired) electrons. The highest BCUT2D eigenvalue weighted by atomic mass is 16.6. The number of carbonyl (C=O) groups is 1. The van der Waals surface area contributed by atoms with Crippen LogP contribution in [0.1, 0.15) is 37.8 Å². The lowest BCUT2D eigenvalue weighted by Crippen LogP contribution is -2.50. The van der Waals surface area contributed by atoms with Crippen LogP contribution in [0.5, 0.6) is 0 Å². The molecule has 0 aromatic carbocycles. The fourth-order valence-corrected chi connectivity index (χ4v) is 3.01. The van der Waals surface area contributed by atoms with E-state index >= 15 is 0 Å². The molecule has 0 unspecified atom stereocenters. The number of aliphatic imine (C=N–C) groups is 1. The number of ether oxygens (including phenoxy) is 1. The van der Waals surface area contributed by atoms with Crippen molar-refractivity contribution in [2.24, 2.45) is 4.99 Å². The molecule has 1 aromatic rings. The smallest absolute Gasteiger partial charge is 0.409 e. The lowest BCUT2D eigenvalue weighted by molar-refractivity contribution is 0.0963. The first-order valence-corrected chi connectivity index (χ1v) is 9.50. The molecule has 26 heavy (non-hydrogen) atoms. The highest BCUT2D eigenvalue weighted by Gasteiger charge is 2.23. The number of amides is 1. The number of aryl methyl sites for hydroxylation is 1. The molecule has 2 heterocycles. The first-order chi connectivity index (χ1) is 12.6. The molecule has 0 spiro atoms. The molecule has 1 aromatic heterocycles. The number of rotatable bonds is 6. The minimum atomic E-state index is -0.209. The van der Waals surface area contributed by atoms with Gasteiger partial charge < -0.3 is 20.3 Å². The number of guanidine groups is 1. The third-order valence-electron chi connectivity index (χ3n) is 4.49. The van der Waals surface area contributed by atoms with Gasteiger partial charge in [0, 0.05) is 44.6 Å². The van der Waals surface area contributed by atoms with E-state index in [1.807, 2.05) is 19.3 Å². The summed E-state index contributed by atoms with van der Waals surface area (Å²) in [5.41, 5.74) is 2.48. The van der Waals surface area contributed by atoms with E-state index in [1.54, 1.807) is 4.90 Å². The average Bonchev–Trinajstić information content (AvgIpc) is 2.64. The second-order valence-corrected chi connectivity index (χ2v) is 6.42. The minimum absolute atomic E-state index is 0.209. The third kappa shape index (κ3) is 6.20. The molecule has 144 valence electrons. The number of pyridine rings is 1. The number of nitrogens with one attached hydrogen (secondary N) is 2. The predicted octanol–water partition coefficient (Wildman–Crippen LogP) is 2.11. The van der Waals surface area contributed by atoms with Gasteiger partial charge in [0.2, 0.25) is 0 Å². The predicted molar refractivity (Wildman–Crippen MR) is 103 cm³/mol. The molecular formula is C19H31N5O2.